The van der Waals surface area contributed by atoms with Crippen LogP contribution in [0.4, 0.5) is 5.82 Å². The molecule has 0 amide bonds. The normalized spacial score (nSPS) is 21.2. The van der Waals surface area contributed by atoms with Crippen molar-refractivity contribution >= 4 is 27.8 Å². The first-order valence-corrected chi connectivity index (χ1v) is 13.2. The van der Waals surface area contributed by atoms with Crippen LogP contribution >= 0.6 is 0 Å². The van der Waals surface area contributed by atoms with Crippen LogP contribution in [0, 0.1) is 6.92 Å². The first-order chi connectivity index (χ1) is 8.83. The van der Waals surface area contributed by atoms with Crippen LogP contribution in [0.2, 0.25) is 38.3 Å². The van der Waals surface area contributed by atoms with E-state index in [1.165, 1.54) is 29.1 Å². The van der Waals surface area contributed by atoms with Crippen molar-refractivity contribution in [1.82, 2.24) is 14.6 Å². The summed E-state index contributed by atoms with van der Waals surface area (Å²) in [5.74, 6) is 1.17. The summed E-state index contributed by atoms with van der Waals surface area (Å²) in [6, 6.07) is 7.08. The maximum absolute atomic E-state index is 4.66. The third-order valence-corrected chi connectivity index (χ3v) is 14.3. The highest BCUT2D eigenvalue weighted by Crippen LogP contribution is 2.41. The van der Waals surface area contributed by atoms with Crippen LogP contribution in [-0.4, -0.2) is 31.1 Å². The molecular weight excluding hydrogens is 268 g/mol. The van der Waals surface area contributed by atoms with Gasteiger partial charge in [0.25, 0.3) is 0 Å². The van der Waals surface area contributed by atoms with Crippen LogP contribution in [0.25, 0.3) is 5.52 Å². The second-order valence-corrected chi connectivity index (χ2v) is 16.4. The van der Waals surface area contributed by atoms with E-state index in [9.17, 15) is 0 Å². The Labute approximate surface area is 116 Å². The number of anilines is 1. The Balaban J connectivity index is 2.24. The van der Waals surface area contributed by atoms with Gasteiger partial charge in [-0.1, -0.05) is 26.2 Å². The van der Waals surface area contributed by atoms with Gasteiger partial charge in [-0.3, -0.25) is 0 Å². The lowest BCUT2D eigenvalue weighted by Crippen LogP contribution is -2.55. The lowest BCUT2D eigenvalue weighted by Gasteiger charge is -2.40. The number of hydrogen-bond donors (Lipinski definition) is 0. The van der Waals surface area contributed by atoms with E-state index in [0.717, 1.165) is 0 Å². The van der Waals surface area contributed by atoms with Crippen molar-refractivity contribution in [2.45, 2.75) is 45.2 Å². The molecule has 3 heterocycles. The van der Waals surface area contributed by atoms with Gasteiger partial charge in [0.1, 0.15) is 34.1 Å². The first kappa shape index (κ1) is 12.9. The zero-order chi connectivity index (χ0) is 13.8. The molecule has 0 spiro atoms. The molecule has 0 aliphatic carbocycles. The summed E-state index contributed by atoms with van der Waals surface area (Å²) < 4.78 is 4.77. The molecule has 2 aromatic rings. The molecule has 0 saturated carbocycles. The SMILES string of the molecule is Cc1ccc2c(N3[Si](C)(C)CC[Si]3(C)C)ncnn12. The van der Waals surface area contributed by atoms with E-state index in [1.54, 1.807) is 6.33 Å². The fourth-order valence-corrected chi connectivity index (χ4v) is 17.5. The van der Waals surface area contributed by atoms with E-state index in [-0.39, 0.29) is 0 Å². The summed E-state index contributed by atoms with van der Waals surface area (Å²) in [4.78, 5) is 4.66. The molecule has 1 aliphatic heterocycles. The molecule has 0 unspecified atom stereocenters. The topological polar surface area (TPSA) is 33.4 Å². The Bertz CT molecular complexity index is 617. The predicted octanol–water partition coefficient (Wildman–Crippen LogP) is 3.27. The lowest BCUT2D eigenvalue weighted by molar-refractivity contribution is 0.871. The third-order valence-electron chi connectivity index (χ3n) is 4.39. The third kappa shape index (κ3) is 1.85. The first-order valence-electron chi connectivity index (χ1n) is 6.93. The minimum absolute atomic E-state index is 1.17. The summed E-state index contributed by atoms with van der Waals surface area (Å²) >= 11 is 0. The molecule has 1 fully saturated rings. The van der Waals surface area contributed by atoms with Crippen molar-refractivity contribution in [1.29, 1.82) is 0 Å². The smallest absolute Gasteiger partial charge is 0.142 e. The number of aryl methyl sites for hydroxylation is 1. The van der Waals surface area contributed by atoms with Crippen LogP contribution in [0.1, 0.15) is 5.69 Å². The summed E-state index contributed by atoms with van der Waals surface area (Å²) in [5.41, 5.74) is 2.35. The molecule has 0 bridgehead atoms. The highest BCUT2D eigenvalue weighted by atomic mass is 28.4. The molecular formula is C13H22N4Si2. The zero-order valence-electron chi connectivity index (χ0n) is 12.4. The van der Waals surface area contributed by atoms with Crippen molar-refractivity contribution in [3.8, 4) is 0 Å². The molecule has 0 aromatic carbocycles. The van der Waals surface area contributed by atoms with Crippen molar-refractivity contribution in [2.75, 3.05) is 4.23 Å². The van der Waals surface area contributed by atoms with Gasteiger partial charge in [0.15, 0.2) is 0 Å². The molecule has 4 nitrogen and oxygen atoms in total. The Morgan fingerprint density at radius 3 is 2.32 bits per heavy atom. The molecule has 102 valence electrons. The molecule has 1 saturated heterocycles. The van der Waals surface area contributed by atoms with E-state index in [0.29, 0.717) is 0 Å². The predicted molar refractivity (Wildman–Crippen MR) is 84.8 cm³/mol. The highest BCUT2D eigenvalue weighted by molar-refractivity contribution is 7.04. The average Bonchev–Trinajstić information content (AvgIpc) is 2.79. The molecule has 19 heavy (non-hydrogen) atoms. The molecule has 2 aromatic heterocycles. The average molecular weight is 291 g/mol. The highest BCUT2D eigenvalue weighted by Gasteiger charge is 2.48. The van der Waals surface area contributed by atoms with Crippen LogP contribution in [0.15, 0.2) is 18.5 Å². The van der Waals surface area contributed by atoms with Gasteiger partial charge in [0.2, 0.25) is 0 Å². The number of hydrogen-bond acceptors (Lipinski definition) is 3. The summed E-state index contributed by atoms with van der Waals surface area (Å²) in [7, 11) is -2.72. The van der Waals surface area contributed by atoms with Crippen LogP contribution in [0.5, 0.6) is 0 Å². The van der Waals surface area contributed by atoms with Gasteiger partial charge in [-0.15, -0.1) is 0 Å². The molecule has 3 rings (SSSR count). The van der Waals surface area contributed by atoms with Crippen molar-refractivity contribution in [2.24, 2.45) is 0 Å². The van der Waals surface area contributed by atoms with Crippen molar-refractivity contribution in [3.63, 3.8) is 0 Å². The van der Waals surface area contributed by atoms with Crippen LogP contribution in [-0.2, 0) is 0 Å². The maximum atomic E-state index is 4.66. The van der Waals surface area contributed by atoms with Gasteiger partial charge in [0, 0.05) is 5.69 Å². The Kier molecular flexibility index (Phi) is 2.66. The Morgan fingerprint density at radius 1 is 1.05 bits per heavy atom. The minimum Gasteiger partial charge on any atom is -0.407 e. The van der Waals surface area contributed by atoms with Gasteiger partial charge in [-0.25, -0.2) is 9.50 Å². The molecule has 0 radical (unpaired) electrons. The van der Waals surface area contributed by atoms with E-state index >= 15 is 0 Å². The van der Waals surface area contributed by atoms with Crippen LogP contribution in [0.3, 0.4) is 0 Å². The Morgan fingerprint density at radius 2 is 1.68 bits per heavy atom. The van der Waals surface area contributed by atoms with Gasteiger partial charge in [-0.05, 0) is 31.1 Å². The second-order valence-electron chi connectivity index (χ2n) is 6.82. The van der Waals surface area contributed by atoms with Gasteiger partial charge in [-0.2, -0.15) is 5.10 Å². The van der Waals surface area contributed by atoms with Crippen molar-refractivity contribution in [3.05, 3.63) is 24.2 Å². The number of rotatable bonds is 1. The quantitative estimate of drug-likeness (QED) is 0.756. The van der Waals surface area contributed by atoms with Gasteiger partial charge in [0.05, 0.1) is 0 Å². The fourth-order valence-electron chi connectivity index (χ4n) is 3.45. The van der Waals surface area contributed by atoms with Crippen LogP contribution < -0.4 is 4.23 Å². The minimum atomic E-state index is -1.36. The summed E-state index contributed by atoms with van der Waals surface area (Å²) in [5, 5.41) is 4.38. The maximum Gasteiger partial charge on any atom is 0.142 e. The van der Waals surface area contributed by atoms with E-state index in [4.69, 9.17) is 0 Å². The standard InChI is InChI=1S/C13H22N4Si2/c1-11-6-7-12-13(14-10-15-16(11)12)17-18(2,3)8-9-19(17,4)5/h6-7,10H,8-9H2,1-5H3. The second kappa shape index (κ2) is 3.92. The fraction of sp³-hybridized carbons (Fsp3) is 0.538. The van der Waals surface area contributed by atoms with E-state index < -0.39 is 16.5 Å². The number of nitrogens with zero attached hydrogens (tertiary/aromatic N) is 4. The van der Waals surface area contributed by atoms with E-state index in [1.807, 2.05) is 4.52 Å². The van der Waals surface area contributed by atoms with Gasteiger partial charge < -0.3 is 4.23 Å². The number of aromatic nitrogens is 3. The molecule has 6 heteroatoms. The summed E-state index contributed by atoms with van der Waals surface area (Å²) in [6.45, 7) is 12.0. The largest absolute Gasteiger partial charge is 0.407 e. The van der Waals surface area contributed by atoms with Gasteiger partial charge >= 0.3 is 0 Å². The van der Waals surface area contributed by atoms with E-state index in [2.05, 4.69) is 59.6 Å². The molecule has 0 atom stereocenters. The lowest BCUT2D eigenvalue weighted by atomic mass is 10.5. The summed E-state index contributed by atoms with van der Waals surface area (Å²) in [6.07, 6.45) is 1.71. The number of fused-ring (bicyclic) bond motifs is 1. The zero-order valence-corrected chi connectivity index (χ0v) is 14.4. The molecule has 1 aliphatic rings. The monoisotopic (exact) mass is 290 g/mol. The van der Waals surface area contributed by atoms with Crippen molar-refractivity contribution < 1.29 is 0 Å². The molecule has 0 N–H and O–H groups in total. The Hall–Kier alpha value is -1.15.